The molecule has 136 valence electrons. The van der Waals surface area contributed by atoms with Crippen LogP contribution in [0.15, 0.2) is 30.3 Å². The predicted molar refractivity (Wildman–Crippen MR) is 92.7 cm³/mol. The van der Waals surface area contributed by atoms with Gasteiger partial charge in [0.05, 0.1) is 6.10 Å². The monoisotopic (exact) mass is 346 g/mol. The molecule has 6 heteroatoms. The van der Waals surface area contributed by atoms with Crippen molar-refractivity contribution in [3.63, 3.8) is 0 Å². The number of carbonyl (C=O) groups excluding carboxylic acids is 2. The second kappa shape index (κ2) is 8.34. The van der Waals surface area contributed by atoms with E-state index < -0.39 is 0 Å². The van der Waals surface area contributed by atoms with E-state index in [-0.39, 0.29) is 30.6 Å². The van der Waals surface area contributed by atoms with E-state index in [4.69, 9.17) is 4.74 Å². The molecular formula is C19H26N2O4. The highest BCUT2D eigenvalue weighted by molar-refractivity contribution is 5.79. The first kappa shape index (κ1) is 17.7. The zero-order valence-corrected chi connectivity index (χ0v) is 14.5. The van der Waals surface area contributed by atoms with Crippen molar-refractivity contribution in [2.45, 2.75) is 38.4 Å². The van der Waals surface area contributed by atoms with Gasteiger partial charge in [-0.05, 0) is 31.2 Å². The van der Waals surface area contributed by atoms with Gasteiger partial charge in [0.25, 0.3) is 0 Å². The van der Waals surface area contributed by atoms with Crippen molar-refractivity contribution in [2.24, 2.45) is 5.92 Å². The molecule has 0 spiro atoms. The molecule has 2 aliphatic rings. The van der Waals surface area contributed by atoms with Gasteiger partial charge in [-0.1, -0.05) is 30.3 Å². The molecule has 2 amide bonds. The van der Waals surface area contributed by atoms with E-state index in [9.17, 15) is 14.7 Å². The lowest BCUT2D eigenvalue weighted by Gasteiger charge is -2.37. The summed E-state index contributed by atoms with van der Waals surface area (Å²) >= 11 is 0. The van der Waals surface area contributed by atoms with Crippen LogP contribution in [0.1, 0.15) is 31.2 Å². The van der Waals surface area contributed by atoms with E-state index in [0.717, 1.165) is 18.4 Å². The second-order valence-corrected chi connectivity index (χ2v) is 6.86. The van der Waals surface area contributed by atoms with Crippen LogP contribution < -0.4 is 0 Å². The maximum absolute atomic E-state index is 12.6. The quantitative estimate of drug-likeness (QED) is 0.909. The van der Waals surface area contributed by atoms with E-state index in [1.807, 2.05) is 35.2 Å². The standard InChI is InChI=1S/C19H26N2O4/c22-17-8-6-16(7-9-17)18(23)20-10-12-21(13-11-20)19(24)25-14-15-4-2-1-3-5-15/h1-5,16-17,22H,6-14H2/t16-,17+. The third kappa shape index (κ3) is 4.72. The summed E-state index contributed by atoms with van der Waals surface area (Å²) in [5, 5.41) is 9.56. The zero-order chi connectivity index (χ0) is 17.6. The fraction of sp³-hybridized carbons (Fsp3) is 0.579. The van der Waals surface area contributed by atoms with Crippen molar-refractivity contribution in [3.8, 4) is 0 Å². The van der Waals surface area contributed by atoms with Crippen LogP contribution in [-0.2, 0) is 16.1 Å². The fourth-order valence-electron chi connectivity index (χ4n) is 3.50. The van der Waals surface area contributed by atoms with Gasteiger partial charge in [0.2, 0.25) is 5.91 Å². The van der Waals surface area contributed by atoms with Gasteiger partial charge in [-0.25, -0.2) is 4.79 Å². The van der Waals surface area contributed by atoms with E-state index in [1.54, 1.807) is 4.90 Å². The third-order valence-electron chi connectivity index (χ3n) is 5.10. The minimum atomic E-state index is -0.322. The van der Waals surface area contributed by atoms with Gasteiger partial charge in [-0.3, -0.25) is 4.79 Å². The first-order valence-corrected chi connectivity index (χ1v) is 9.06. The summed E-state index contributed by atoms with van der Waals surface area (Å²) < 4.78 is 5.35. The van der Waals surface area contributed by atoms with Gasteiger partial charge in [-0.2, -0.15) is 0 Å². The summed E-state index contributed by atoms with van der Waals surface area (Å²) in [6.07, 6.45) is 2.38. The zero-order valence-electron chi connectivity index (χ0n) is 14.5. The highest BCUT2D eigenvalue weighted by atomic mass is 16.6. The Kier molecular flexibility index (Phi) is 5.91. The van der Waals surface area contributed by atoms with Crippen molar-refractivity contribution in [2.75, 3.05) is 26.2 Å². The Morgan fingerprint density at radius 3 is 2.20 bits per heavy atom. The van der Waals surface area contributed by atoms with Gasteiger partial charge in [0.1, 0.15) is 6.61 Å². The van der Waals surface area contributed by atoms with Crippen LogP contribution in [0, 0.1) is 5.92 Å². The second-order valence-electron chi connectivity index (χ2n) is 6.86. The Labute approximate surface area is 148 Å². The SMILES string of the molecule is O=C(OCc1ccccc1)N1CCN(C(=O)[C@H]2CC[C@@H](O)CC2)CC1. The van der Waals surface area contributed by atoms with Gasteiger partial charge in [-0.15, -0.1) is 0 Å². The Hall–Kier alpha value is -2.08. The van der Waals surface area contributed by atoms with Crippen LogP contribution in [0.2, 0.25) is 0 Å². The molecule has 1 N–H and O–H groups in total. The fourth-order valence-corrected chi connectivity index (χ4v) is 3.50. The maximum Gasteiger partial charge on any atom is 0.410 e. The van der Waals surface area contributed by atoms with Gasteiger partial charge in [0.15, 0.2) is 0 Å². The third-order valence-corrected chi connectivity index (χ3v) is 5.10. The molecule has 1 aromatic carbocycles. The molecule has 1 saturated carbocycles. The van der Waals surface area contributed by atoms with Crippen molar-refractivity contribution in [1.82, 2.24) is 9.80 Å². The molecule has 0 bridgehead atoms. The number of aliphatic hydroxyl groups is 1. The number of hydrogen-bond acceptors (Lipinski definition) is 4. The Morgan fingerprint density at radius 2 is 1.56 bits per heavy atom. The smallest absolute Gasteiger partial charge is 0.410 e. The number of ether oxygens (including phenoxy) is 1. The van der Waals surface area contributed by atoms with Crippen LogP contribution in [0.5, 0.6) is 0 Å². The summed E-state index contributed by atoms with van der Waals surface area (Å²) in [7, 11) is 0. The molecule has 2 fully saturated rings. The molecular weight excluding hydrogens is 320 g/mol. The molecule has 25 heavy (non-hydrogen) atoms. The largest absolute Gasteiger partial charge is 0.445 e. The molecule has 1 aromatic rings. The minimum Gasteiger partial charge on any atom is -0.445 e. The van der Waals surface area contributed by atoms with Gasteiger partial charge in [0, 0.05) is 32.1 Å². The predicted octanol–water partition coefficient (Wildman–Crippen LogP) is 2.02. The maximum atomic E-state index is 12.6. The molecule has 0 unspecified atom stereocenters. The average molecular weight is 346 g/mol. The number of amides is 2. The van der Waals surface area contributed by atoms with E-state index in [0.29, 0.717) is 39.0 Å². The first-order chi connectivity index (χ1) is 12.1. The lowest BCUT2D eigenvalue weighted by atomic mass is 9.86. The molecule has 0 radical (unpaired) electrons. The van der Waals surface area contributed by atoms with Crippen LogP contribution in [-0.4, -0.2) is 59.2 Å². The van der Waals surface area contributed by atoms with Crippen LogP contribution >= 0.6 is 0 Å². The lowest BCUT2D eigenvalue weighted by molar-refractivity contribution is -0.138. The summed E-state index contributed by atoms with van der Waals surface area (Å²) in [4.78, 5) is 28.2. The molecule has 1 aliphatic heterocycles. The van der Waals surface area contributed by atoms with Crippen LogP contribution in [0.25, 0.3) is 0 Å². The van der Waals surface area contributed by atoms with Crippen molar-refractivity contribution in [1.29, 1.82) is 0 Å². The average Bonchev–Trinajstić information content (AvgIpc) is 2.67. The van der Waals surface area contributed by atoms with E-state index in [2.05, 4.69) is 0 Å². The molecule has 1 aliphatic carbocycles. The Morgan fingerprint density at radius 1 is 0.960 bits per heavy atom. The van der Waals surface area contributed by atoms with E-state index >= 15 is 0 Å². The van der Waals surface area contributed by atoms with E-state index in [1.165, 1.54) is 0 Å². The number of piperazine rings is 1. The number of rotatable bonds is 3. The Bertz CT molecular complexity index is 576. The summed E-state index contributed by atoms with van der Waals surface area (Å²) in [5.41, 5.74) is 0.962. The Balaban J connectivity index is 1.42. The number of carbonyl (C=O) groups is 2. The number of nitrogens with zero attached hydrogens (tertiary/aromatic N) is 2. The lowest BCUT2D eigenvalue weighted by Crippen LogP contribution is -2.52. The molecule has 0 aromatic heterocycles. The first-order valence-electron chi connectivity index (χ1n) is 9.06. The van der Waals surface area contributed by atoms with Crippen LogP contribution in [0.3, 0.4) is 0 Å². The molecule has 1 heterocycles. The number of aliphatic hydroxyl groups excluding tert-OH is 1. The van der Waals surface area contributed by atoms with Crippen molar-refractivity contribution < 1.29 is 19.4 Å². The topological polar surface area (TPSA) is 70.1 Å². The summed E-state index contributed by atoms with van der Waals surface area (Å²) in [5.74, 6) is 0.198. The minimum absolute atomic E-state index is 0.0278. The molecule has 3 rings (SSSR count). The van der Waals surface area contributed by atoms with Crippen LogP contribution in [0.4, 0.5) is 4.79 Å². The van der Waals surface area contributed by atoms with Gasteiger partial charge < -0.3 is 19.6 Å². The van der Waals surface area contributed by atoms with Crippen molar-refractivity contribution >= 4 is 12.0 Å². The summed E-state index contributed by atoms with van der Waals surface area (Å²) in [6, 6.07) is 9.60. The summed E-state index contributed by atoms with van der Waals surface area (Å²) in [6.45, 7) is 2.39. The molecule has 0 atom stereocenters. The molecule has 1 saturated heterocycles. The molecule has 6 nitrogen and oxygen atoms in total. The van der Waals surface area contributed by atoms with Crippen molar-refractivity contribution in [3.05, 3.63) is 35.9 Å². The van der Waals surface area contributed by atoms with Gasteiger partial charge >= 0.3 is 6.09 Å². The highest BCUT2D eigenvalue weighted by Crippen LogP contribution is 2.26. The number of hydrogen-bond donors (Lipinski definition) is 1. The normalized spacial score (nSPS) is 24.0. The highest BCUT2D eigenvalue weighted by Gasteiger charge is 2.31. The number of benzene rings is 1.